The van der Waals surface area contributed by atoms with Crippen LogP contribution in [0.2, 0.25) is 10.0 Å². The number of carbonyl (C=O) groups excluding carboxylic acids is 1. The maximum absolute atomic E-state index is 13.8. The second kappa shape index (κ2) is 7.53. The van der Waals surface area contributed by atoms with Gasteiger partial charge in [-0.1, -0.05) is 36.2 Å². The Hall–Kier alpha value is -2.58. The van der Waals surface area contributed by atoms with Gasteiger partial charge in [0.1, 0.15) is 0 Å². The summed E-state index contributed by atoms with van der Waals surface area (Å²) in [5.41, 5.74) is -0.373. The Balaban J connectivity index is 2.06. The molecule has 10 heteroatoms. The Bertz CT molecular complexity index is 1240. The van der Waals surface area contributed by atoms with Crippen molar-refractivity contribution in [1.29, 1.82) is 0 Å². The molecule has 4 rings (SSSR count). The second-order valence-corrected chi connectivity index (χ2v) is 8.36. The molecule has 1 aromatic carbocycles. The summed E-state index contributed by atoms with van der Waals surface area (Å²) >= 11 is 12.2. The first-order valence-corrected chi connectivity index (χ1v) is 10.0. The number of hydrogen-bond donors (Lipinski definition) is 1. The number of carbonyl (C=O) groups is 2. The molecular weight excluding hydrogens is 456 g/mol. The zero-order chi connectivity index (χ0) is 22.7. The Labute approximate surface area is 184 Å². The highest BCUT2D eigenvalue weighted by Crippen LogP contribution is 2.47. The predicted molar refractivity (Wildman–Crippen MR) is 109 cm³/mol. The van der Waals surface area contributed by atoms with Gasteiger partial charge in [-0.05, 0) is 17.7 Å². The number of pyridine rings is 1. The van der Waals surface area contributed by atoms with Crippen LogP contribution < -0.4 is 0 Å². The number of hydrogen-bond acceptors (Lipinski definition) is 3. The summed E-state index contributed by atoms with van der Waals surface area (Å²) < 4.78 is 42.9. The van der Waals surface area contributed by atoms with Gasteiger partial charge in [0.25, 0.3) is 0 Å². The van der Waals surface area contributed by atoms with Crippen molar-refractivity contribution >= 4 is 45.9 Å². The summed E-state index contributed by atoms with van der Waals surface area (Å²) in [4.78, 5) is 28.2. The SMILES string of the molecule is CC1C(=O)c2c(n(Cc3ccc(Cl)cc3Cl)c3c(C(F)(F)F)cncc23)C1CC(=O)O. The second-order valence-electron chi connectivity index (χ2n) is 7.52. The lowest BCUT2D eigenvalue weighted by Gasteiger charge is -2.20. The maximum atomic E-state index is 13.8. The molecule has 1 aliphatic rings. The van der Waals surface area contributed by atoms with E-state index in [1.165, 1.54) is 16.8 Å². The molecule has 3 aromatic rings. The van der Waals surface area contributed by atoms with Gasteiger partial charge < -0.3 is 9.67 Å². The fourth-order valence-corrected chi connectivity index (χ4v) is 4.73. The number of fused-ring (bicyclic) bond motifs is 3. The maximum Gasteiger partial charge on any atom is 0.419 e. The average molecular weight is 471 g/mol. The first-order valence-electron chi connectivity index (χ1n) is 9.28. The number of carboxylic acids is 1. The third kappa shape index (κ3) is 3.57. The third-order valence-electron chi connectivity index (χ3n) is 5.66. The van der Waals surface area contributed by atoms with Crippen LogP contribution in [0, 0.1) is 5.92 Å². The molecule has 2 aromatic heterocycles. The summed E-state index contributed by atoms with van der Waals surface area (Å²) in [5, 5.41) is 10.0. The molecule has 1 N–H and O–H groups in total. The highest BCUT2D eigenvalue weighted by atomic mass is 35.5. The van der Waals surface area contributed by atoms with Crippen molar-refractivity contribution in [3.63, 3.8) is 0 Å². The van der Waals surface area contributed by atoms with Gasteiger partial charge in [0.15, 0.2) is 5.78 Å². The normalized spacial score (nSPS) is 18.6. The molecule has 2 atom stereocenters. The van der Waals surface area contributed by atoms with Crippen molar-refractivity contribution in [2.75, 3.05) is 0 Å². The van der Waals surface area contributed by atoms with E-state index in [1.807, 2.05) is 0 Å². The lowest BCUT2D eigenvalue weighted by molar-refractivity contribution is -0.138. The quantitative estimate of drug-likeness (QED) is 0.522. The molecule has 162 valence electrons. The van der Waals surface area contributed by atoms with Gasteiger partial charge >= 0.3 is 12.1 Å². The van der Waals surface area contributed by atoms with Crippen molar-refractivity contribution in [3.05, 3.63) is 63.0 Å². The van der Waals surface area contributed by atoms with E-state index < -0.39 is 35.3 Å². The van der Waals surface area contributed by atoms with Crippen molar-refractivity contribution in [1.82, 2.24) is 9.55 Å². The van der Waals surface area contributed by atoms with Crippen LogP contribution >= 0.6 is 23.2 Å². The Morgan fingerprint density at radius 1 is 1.26 bits per heavy atom. The van der Waals surface area contributed by atoms with Gasteiger partial charge in [-0.2, -0.15) is 13.2 Å². The molecule has 0 aliphatic heterocycles. The van der Waals surface area contributed by atoms with Crippen LogP contribution in [0.4, 0.5) is 13.2 Å². The first-order chi connectivity index (χ1) is 14.5. The van der Waals surface area contributed by atoms with Crippen LogP contribution in [0.15, 0.2) is 30.6 Å². The van der Waals surface area contributed by atoms with E-state index in [1.54, 1.807) is 19.1 Å². The molecule has 0 radical (unpaired) electrons. The molecule has 2 heterocycles. The van der Waals surface area contributed by atoms with Gasteiger partial charge in [-0.3, -0.25) is 14.6 Å². The predicted octanol–water partition coefficient (Wildman–Crippen LogP) is 5.80. The largest absolute Gasteiger partial charge is 0.481 e. The van der Waals surface area contributed by atoms with Crippen LogP contribution in [0.1, 0.15) is 46.4 Å². The molecule has 0 saturated heterocycles. The Kier molecular flexibility index (Phi) is 5.26. The van der Waals surface area contributed by atoms with Gasteiger partial charge in [-0.25, -0.2) is 0 Å². The average Bonchev–Trinajstić information content (AvgIpc) is 3.11. The number of halogens is 5. The van der Waals surface area contributed by atoms with Crippen LogP contribution in [0.3, 0.4) is 0 Å². The van der Waals surface area contributed by atoms with E-state index in [9.17, 15) is 27.9 Å². The number of aliphatic carboxylic acids is 1. The lowest BCUT2D eigenvalue weighted by Crippen LogP contribution is -2.18. The van der Waals surface area contributed by atoms with Gasteiger partial charge in [0, 0.05) is 57.5 Å². The first kappa shape index (κ1) is 21.6. The number of aromatic nitrogens is 2. The van der Waals surface area contributed by atoms with E-state index in [2.05, 4.69) is 4.98 Å². The molecule has 0 amide bonds. The van der Waals surface area contributed by atoms with Gasteiger partial charge in [0.2, 0.25) is 0 Å². The fourth-order valence-electron chi connectivity index (χ4n) is 4.27. The minimum atomic E-state index is -4.73. The molecule has 0 fully saturated rings. The Morgan fingerprint density at radius 2 is 1.97 bits per heavy atom. The summed E-state index contributed by atoms with van der Waals surface area (Å²) in [6.45, 7) is 1.49. The van der Waals surface area contributed by atoms with Crippen molar-refractivity contribution in [2.45, 2.75) is 32.0 Å². The number of ketones is 1. The van der Waals surface area contributed by atoms with Crippen molar-refractivity contribution in [3.8, 4) is 0 Å². The summed E-state index contributed by atoms with van der Waals surface area (Å²) in [6, 6.07) is 4.62. The van der Waals surface area contributed by atoms with Gasteiger partial charge in [-0.15, -0.1) is 0 Å². The number of rotatable bonds is 4. The smallest absolute Gasteiger partial charge is 0.419 e. The monoisotopic (exact) mass is 470 g/mol. The van der Waals surface area contributed by atoms with Crippen LogP contribution in [0.25, 0.3) is 10.9 Å². The molecular formula is C21H15Cl2F3N2O3. The number of alkyl halides is 3. The van der Waals surface area contributed by atoms with E-state index >= 15 is 0 Å². The minimum Gasteiger partial charge on any atom is -0.481 e. The van der Waals surface area contributed by atoms with E-state index in [4.69, 9.17) is 23.2 Å². The Morgan fingerprint density at radius 3 is 2.58 bits per heavy atom. The fraction of sp³-hybridized carbons (Fsp3) is 0.286. The summed E-state index contributed by atoms with van der Waals surface area (Å²) in [7, 11) is 0. The summed E-state index contributed by atoms with van der Waals surface area (Å²) in [6.07, 6.45) is -3.19. The standard InChI is InChI=1S/C21H15Cl2F3N2O3/c1-9-12(5-16(29)30)19-17(20(9)31)13-6-27-7-14(21(24,25)26)18(13)28(19)8-10-2-3-11(22)4-15(10)23/h2-4,6-7,9,12H,5,8H2,1H3,(H,29,30). The van der Waals surface area contributed by atoms with Crippen molar-refractivity contribution in [2.24, 2.45) is 5.92 Å². The number of nitrogens with zero attached hydrogens (tertiary/aromatic N) is 2. The molecule has 0 saturated carbocycles. The third-order valence-corrected chi connectivity index (χ3v) is 6.25. The molecule has 31 heavy (non-hydrogen) atoms. The van der Waals surface area contributed by atoms with Gasteiger partial charge in [0.05, 0.1) is 17.5 Å². The van der Waals surface area contributed by atoms with E-state index in [0.717, 1.165) is 0 Å². The zero-order valence-corrected chi connectivity index (χ0v) is 17.5. The van der Waals surface area contributed by atoms with E-state index in [-0.39, 0.29) is 40.1 Å². The number of carboxylic acid groups (broad SMARTS) is 1. The lowest BCUT2D eigenvalue weighted by atomic mass is 9.92. The molecule has 0 spiro atoms. The molecule has 0 bridgehead atoms. The van der Waals surface area contributed by atoms with Crippen LogP contribution in [-0.4, -0.2) is 26.4 Å². The highest BCUT2D eigenvalue weighted by molar-refractivity contribution is 6.35. The molecule has 5 nitrogen and oxygen atoms in total. The zero-order valence-electron chi connectivity index (χ0n) is 16.0. The minimum absolute atomic E-state index is 0.0552. The topological polar surface area (TPSA) is 72.2 Å². The molecule has 2 unspecified atom stereocenters. The van der Waals surface area contributed by atoms with Crippen molar-refractivity contribution < 1.29 is 27.9 Å². The number of benzene rings is 1. The molecule has 1 aliphatic carbocycles. The highest BCUT2D eigenvalue weighted by Gasteiger charge is 2.45. The number of Topliss-reactive ketones (excluding diaryl/α,β-unsaturated/α-hetero) is 1. The van der Waals surface area contributed by atoms with E-state index in [0.29, 0.717) is 16.8 Å². The van der Waals surface area contributed by atoms with Crippen LogP contribution in [-0.2, 0) is 17.5 Å². The van der Waals surface area contributed by atoms with Crippen LogP contribution in [0.5, 0.6) is 0 Å². The summed E-state index contributed by atoms with van der Waals surface area (Å²) in [5.74, 6) is -3.01.